The van der Waals surface area contributed by atoms with E-state index >= 15 is 0 Å². The van der Waals surface area contributed by atoms with E-state index in [1.165, 1.54) is 31.2 Å². The molecule has 0 aliphatic rings. The Labute approximate surface area is 113 Å². The van der Waals surface area contributed by atoms with Crippen LogP contribution >= 0.6 is 0 Å². The first kappa shape index (κ1) is 15.2. The average molecular weight is 247 g/mol. The summed E-state index contributed by atoms with van der Waals surface area (Å²) < 4.78 is 0. The van der Waals surface area contributed by atoms with E-state index in [0.717, 1.165) is 12.5 Å². The molecule has 0 spiro atoms. The van der Waals surface area contributed by atoms with Gasteiger partial charge in [-0.3, -0.25) is 0 Å². The Morgan fingerprint density at radius 2 is 1.72 bits per heavy atom. The van der Waals surface area contributed by atoms with E-state index in [2.05, 4.69) is 63.5 Å². The first-order valence-corrected chi connectivity index (χ1v) is 7.20. The summed E-state index contributed by atoms with van der Waals surface area (Å²) in [5, 5.41) is 3.34. The smallest absolute Gasteiger partial charge is 0.00234 e. The Kier molecular flexibility index (Phi) is 6.42. The van der Waals surface area contributed by atoms with Crippen LogP contribution in [0.5, 0.6) is 0 Å². The molecular formula is C17H29N. The van der Waals surface area contributed by atoms with Crippen molar-refractivity contribution in [2.45, 2.75) is 46.5 Å². The van der Waals surface area contributed by atoms with Crippen molar-refractivity contribution in [2.24, 2.45) is 11.3 Å². The molecule has 0 saturated heterocycles. The Hall–Kier alpha value is -0.820. The van der Waals surface area contributed by atoms with Crippen molar-refractivity contribution in [1.29, 1.82) is 0 Å². The number of benzene rings is 1. The van der Waals surface area contributed by atoms with E-state index in [-0.39, 0.29) is 0 Å². The lowest BCUT2D eigenvalue weighted by Gasteiger charge is -2.23. The Morgan fingerprint density at radius 1 is 1.06 bits per heavy atom. The maximum atomic E-state index is 3.34. The van der Waals surface area contributed by atoms with Crippen molar-refractivity contribution in [1.82, 2.24) is 5.32 Å². The van der Waals surface area contributed by atoms with Gasteiger partial charge in [0.15, 0.2) is 0 Å². The maximum Gasteiger partial charge on any atom is -0.00234 e. The fraction of sp³-hybridized carbons (Fsp3) is 0.647. The predicted molar refractivity (Wildman–Crippen MR) is 80.9 cm³/mol. The van der Waals surface area contributed by atoms with Crippen LogP contribution in [-0.4, -0.2) is 13.6 Å². The zero-order valence-corrected chi connectivity index (χ0v) is 12.5. The molecule has 102 valence electrons. The highest BCUT2D eigenvalue weighted by molar-refractivity contribution is 5.14. The summed E-state index contributed by atoms with van der Waals surface area (Å²) in [5.41, 5.74) is 1.92. The van der Waals surface area contributed by atoms with E-state index in [1.54, 1.807) is 0 Å². The molecule has 1 rings (SSSR count). The van der Waals surface area contributed by atoms with Gasteiger partial charge < -0.3 is 5.32 Å². The third-order valence-corrected chi connectivity index (χ3v) is 3.48. The molecule has 1 heteroatoms. The number of rotatable bonds is 7. The molecule has 0 heterocycles. The highest BCUT2D eigenvalue weighted by Gasteiger charge is 2.14. The maximum absolute atomic E-state index is 3.34. The molecule has 0 fully saturated rings. The van der Waals surface area contributed by atoms with E-state index in [9.17, 15) is 0 Å². The van der Waals surface area contributed by atoms with E-state index in [4.69, 9.17) is 0 Å². The minimum Gasteiger partial charge on any atom is -0.319 e. The van der Waals surface area contributed by atoms with Gasteiger partial charge in [0.1, 0.15) is 0 Å². The average Bonchev–Trinajstić information content (AvgIpc) is 2.33. The van der Waals surface area contributed by atoms with Gasteiger partial charge in [-0.15, -0.1) is 0 Å². The van der Waals surface area contributed by atoms with E-state index in [1.807, 2.05) is 0 Å². The van der Waals surface area contributed by atoms with Crippen LogP contribution in [0.1, 0.15) is 45.6 Å². The molecule has 0 aromatic heterocycles. The van der Waals surface area contributed by atoms with Gasteiger partial charge in [-0.05, 0) is 56.2 Å². The number of nitrogens with one attached hydrogen (secondary N) is 1. The third-order valence-electron chi connectivity index (χ3n) is 3.48. The van der Waals surface area contributed by atoms with Gasteiger partial charge in [0, 0.05) is 0 Å². The summed E-state index contributed by atoms with van der Waals surface area (Å²) in [6.07, 6.45) is 5.14. The fourth-order valence-corrected chi connectivity index (χ4v) is 2.29. The van der Waals surface area contributed by atoms with Crippen LogP contribution in [0.3, 0.4) is 0 Å². The zero-order chi connectivity index (χ0) is 13.4. The van der Waals surface area contributed by atoms with Gasteiger partial charge >= 0.3 is 0 Å². The molecule has 0 saturated carbocycles. The SMILES string of the molecule is CNCC(CCc1ccccc1)CCC(C)(C)C. The molecule has 0 bridgehead atoms. The summed E-state index contributed by atoms with van der Waals surface area (Å²) in [6, 6.07) is 10.8. The molecular weight excluding hydrogens is 218 g/mol. The van der Waals surface area contributed by atoms with Gasteiger partial charge in [0.05, 0.1) is 0 Å². The Balaban J connectivity index is 2.38. The second-order valence-corrected chi connectivity index (χ2v) is 6.55. The van der Waals surface area contributed by atoms with E-state index < -0.39 is 0 Å². The molecule has 1 atom stereocenters. The Morgan fingerprint density at radius 3 is 2.28 bits per heavy atom. The predicted octanol–water partition coefficient (Wildman–Crippen LogP) is 4.28. The number of hydrogen-bond acceptors (Lipinski definition) is 1. The van der Waals surface area contributed by atoms with Crippen LogP contribution in [0, 0.1) is 11.3 Å². The number of aryl methyl sites for hydroxylation is 1. The highest BCUT2D eigenvalue weighted by atomic mass is 14.8. The molecule has 1 N–H and O–H groups in total. The lowest BCUT2D eigenvalue weighted by atomic mass is 9.85. The molecule has 1 aromatic rings. The molecule has 0 aliphatic carbocycles. The number of hydrogen-bond donors (Lipinski definition) is 1. The summed E-state index contributed by atoms with van der Waals surface area (Å²) >= 11 is 0. The molecule has 0 amide bonds. The zero-order valence-electron chi connectivity index (χ0n) is 12.5. The lowest BCUT2D eigenvalue weighted by molar-refractivity contribution is 0.309. The minimum atomic E-state index is 0.457. The topological polar surface area (TPSA) is 12.0 Å². The standard InChI is InChI=1S/C17H29N/c1-17(2,3)13-12-16(14-18-4)11-10-15-8-6-5-7-9-15/h5-9,16,18H,10-14H2,1-4H3. The van der Waals surface area contributed by atoms with Crippen molar-refractivity contribution in [3.05, 3.63) is 35.9 Å². The summed E-state index contributed by atoms with van der Waals surface area (Å²) in [5.74, 6) is 0.800. The Bertz CT molecular complexity index is 310. The van der Waals surface area contributed by atoms with Crippen LogP contribution in [0.25, 0.3) is 0 Å². The van der Waals surface area contributed by atoms with Crippen LogP contribution in [0.4, 0.5) is 0 Å². The van der Waals surface area contributed by atoms with Crippen LogP contribution in [-0.2, 0) is 6.42 Å². The van der Waals surface area contributed by atoms with Gasteiger partial charge in [0.25, 0.3) is 0 Å². The van der Waals surface area contributed by atoms with Gasteiger partial charge in [-0.2, -0.15) is 0 Å². The molecule has 1 unspecified atom stereocenters. The first-order valence-electron chi connectivity index (χ1n) is 7.20. The van der Waals surface area contributed by atoms with Crippen molar-refractivity contribution in [2.75, 3.05) is 13.6 Å². The van der Waals surface area contributed by atoms with Gasteiger partial charge in [-0.1, -0.05) is 51.1 Å². The second-order valence-electron chi connectivity index (χ2n) is 6.55. The monoisotopic (exact) mass is 247 g/mol. The summed E-state index contributed by atoms with van der Waals surface area (Å²) in [6.45, 7) is 8.14. The highest BCUT2D eigenvalue weighted by Crippen LogP contribution is 2.25. The van der Waals surface area contributed by atoms with Crippen molar-refractivity contribution >= 4 is 0 Å². The molecule has 0 radical (unpaired) electrons. The molecule has 1 nitrogen and oxygen atoms in total. The molecule has 1 aromatic carbocycles. The van der Waals surface area contributed by atoms with E-state index in [0.29, 0.717) is 5.41 Å². The first-order chi connectivity index (χ1) is 8.51. The molecule has 18 heavy (non-hydrogen) atoms. The molecule has 0 aliphatic heterocycles. The van der Waals surface area contributed by atoms with Gasteiger partial charge in [0.2, 0.25) is 0 Å². The quantitative estimate of drug-likeness (QED) is 0.758. The normalized spacial score (nSPS) is 13.6. The van der Waals surface area contributed by atoms with Gasteiger partial charge in [-0.25, -0.2) is 0 Å². The summed E-state index contributed by atoms with van der Waals surface area (Å²) in [7, 11) is 2.06. The fourth-order valence-electron chi connectivity index (χ4n) is 2.29. The van der Waals surface area contributed by atoms with Crippen LogP contribution in [0.15, 0.2) is 30.3 Å². The largest absolute Gasteiger partial charge is 0.319 e. The second kappa shape index (κ2) is 7.58. The third kappa shape index (κ3) is 6.80. The van der Waals surface area contributed by atoms with Crippen molar-refractivity contribution < 1.29 is 0 Å². The lowest BCUT2D eigenvalue weighted by Crippen LogP contribution is -2.21. The van der Waals surface area contributed by atoms with Crippen molar-refractivity contribution in [3.63, 3.8) is 0 Å². The van der Waals surface area contributed by atoms with Crippen molar-refractivity contribution in [3.8, 4) is 0 Å². The van der Waals surface area contributed by atoms with Crippen LogP contribution in [0.2, 0.25) is 0 Å². The summed E-state index contributed by atoms with van der Waals surface area (Å²) in [4.78, 5) is 0. The van der Waals surface area contributed by atoms with Crippen LogP contribution < -0.4 is 5.32 Å². The minimum absolute atomic E-state index is 0.457.